The highest BCUT2D eigenvalue weighted by Crippen LogP contribution is 2.33. The van der Waals surface area contributed by atoms with Gasteiger partial charge in [-0.15, -0.1) is 0 Å². The average molecular weight is 375 g/mol. The largest absolute Gasteiger partial charge is 0.494 e. The lowest BCUT2D eigenvalue weighted by Crippen LogP contribution is -2.16. The topological polar surface area (TPSA) is 70.4 Å². The van der Waals surface area contributed by atoms with Gasteiger partial charge < -0.3 is 5.11 Å². The highest BCUT2D eigenvalue weighted by Gasteiger charge is 2.17. The summed E-state index contributed by atoms with van der Waals surface area (Å²) in [5.41, 5.74) is 4.90. The SMILES string of the molecule is Cc1ccc(C)c(-n2c(O)c(C=C3C=Nc4ccccc43)c(=O)[nH]c2=S)c1. The van der Waals surface area contributed by atoms with Crippen molar-refractivity contribution in [2.75, 3.05) is 0 Å². The number of aromatic hydroxyl groups is 1. The van der Waals surface area contributed by atoms with Gasteiger partial charge in [-0.05, 0) is 55.4 Å². The van der Waals surface area contributed by atoms with Crippen LogP contribution in [0.5, 0.6) is 5.88 Å². The first-order valence-electron chi connectivity index (χ1n) is 8.47. The number of rotatable bonds is 2. The number of aryl methyl sites for hydroxylation is 2. The summed E-state index contributed by atoms with van der Waals surface area (Å²) in [6.07, 6.45) is 3.33. The zero-order chi connectivity index (χ0) is 19.1. The first-order valence-corrected chi connectivity index (χ1v) is 8.87. The van der Waals surface area contributed by atoms with Crippen LogP contribution >= 0.6 is 12.2 Å². The normalized spacial score (nSPS) is 13.9. The molecule has 3 aromatic rings. The molecule has 0 spiro atoms. The maximum Gasteiger partial charge on any atom is 0.262 e. The van der Waals surface area contributed by atoms with E-state index < -0.39 is 5.56 Å². The van der Waals surface area contributed by atoms with Gasteiger partial charge in [-0.25, -0.2) is 0 Å². The van der Waals surface area contributed by atoms with E-state index in [9.17, 15) is 9.90 Å². The van der Waals surface area contributed by atoms with Gasteiger partial charge in [-0.1, -0.05) is 30.3 Å². The Morgan fingerprint density at radius 3 is 2.78 bits per heavy atom. The number of allylic oxidation sites excluding steroid dienone is 1. The van der Waals surface area contributed by atoms with Crippen LogP contribution in [0.1, 0.15) is 22.3 Å². The molecule has 0 unspecified atom stereocenters. The van der Waals surface area contributed by atoms with Crippen molar-refractivity contribution in [1.29, 1.82) is 0 Å². The number of benzene rings is 2. The van der Waals surface area contributed by atoms with Gasteiger partial charge >= 0.3 is 0 Å². The summed E-state index contributed by atoms with van der Waals surface area (Å²) in [5.74, 6) is -0.192. The van der Waals surface area contributed by atoms with Gasteiger partial charge in [0.2, 0.25) is 5.88 Å². The molecule has 0 radical (unpaired) electrons. The van der Waals surface area contributed by atoms with E-state index in [0.29, 0.717) is 0 Å². The maximum absolute atomic E-state index is 12.5. The molecule has 5 nitrogen and oxygen atoms in total. The fourth-order valence-corrected chi connectivity index (χ4v) is 3.44. The molecule has 0 aliphatic carbocycles. The van der Waals surface area contributed by atoms with Crippen molar-refractivity contribution >= 4 is 35.8 Å². The molecule has 0 fully saturated rings. The number of H-pyrrole nitrogens is 1. The second-order valence-corrected chi connectivity index (χ2v) is 6.88. The van der Waals surface area contributed by atoms with E-state index in [1.54, 1.807) is 12.3 Å². The van der Waals surface area contributed by atoms with Crippen LogP contribution in [0, 0.1) is 18.6 Å². The predicted molar refractivity (Wildman–Crippen MR) is 111 cm³/mol. The summed E-state index contributed by atoms with van der Waals surface area (Å²) in [6.45, 7) is 3.89. The zero-order valence-corrected chi connectivity index (χ0v) is 15.7. The van der Waals surface area contributed by atoms with Crippen LogP contribution in [0.3, 0.4) is 0 Å². The van der Waals surface area contributed by atoms with Gasteiger partial charge in [0, 0.05) is 17.4 Å². The Balaban J connectivity index is 1.96. The summed E-state index contributed by atoms with van der Waals surface area (Å²) in [5, 5.41) is 10.9. The second kappa shape index (κ2) is 6.48. The molecule has 2 aromatic carbocycles. The zero-order valence-electron chi connectivity index (χ0n) is 14.9. The lowest BCUT2D eigenvalue weighted by Gasteiger charge is -2.14. The molecule has 1 aromatic heterocycles. The summed E-state index contributed by atoms with van der Waals surface area (Å²) in [4.78, 5) is 19.5. The van der Waals surface area contributed by atoms with Crippen LogP contribution in [-0.2, 0) is 0 Å². The van der Waals surface area contributed by atoms with Crippen molar-refractivity contribution in [1.82, 2.24) is 9.55 Å². The molecule has 6 heteroatoms. The molecule has 0 amide bonds. The number of aliphatic imine (C=N–C) groups is 1. The average Bonchev–Trinajstić information content (AvgIpc) is 3.04. The minimum absolute atomic E-state index is 0.141. The van der Waals surface area contributed by atoms with E-state index in [2.05, 4.69) is 9.98 Å². The van der Waals surface area contributed by atoms with E-state index in [-0.39, 0.29) is 16.2 Å². The molecule has 0 saturated carbocycles. The lowest BCUT2D eigenvalue weighted by molar-refractivity contribution is 0.431. The number of nitrogens with one attached hydrogen (secondary N) is 1. The van der Waals surface area contributed by atoms with Gasteiger partial charge in [0.05, 0.1) is 11.4 Å². The molecule has 1 aliphatic heterocycles. The van der Waals surface area contributed by atoms with Crippen LogP contribution in [0.15, 0.2) is 52.3 Å². The second-order valence-electron chi connectivity index (χ2n) is 6.50. The van der Waals surface area contributed by atoms with Crippen molar-refractivity contribution in [2.45, 2.75) is 13.8 Å². The van der Waals surface area contributed by atoms with Gasteiger partial charge in [-0.2, -0.15) is 0 Å². The van der Waals surface area contributed by atoms with Crippen molar-refractivity contribution in [3.63, 3.8) is 0 Å². The number of fused-ring (bicyclic) bond motifs is 1. The minimum Gasteiger partial charge on any atom is -0.494 e. The molecular formula is C21H17N3O2S. The van der Waals surface area contributed by atoms with Crippen LogP contribution in [0.4, 0.5) is 5.69 Å². The van der Waals surface area contributed by atoms with E-state index >= 15 is 0 Å². The molecule has 0 atom stereocenters. The Kier molecular flexibility index (Phi) is 4.12. The number of aromatic amines is 1. The van der Waals surface area contributed by atoms with Crippen LogP contribution < -0.4 is 5.56 Å². The molecule has 2 heterocycles. The number of aromatic nitrogens is 2. The first-order chi connectivity index (χ1) is 13.0. The van der Waals surface area contributed by atoms with Crippen LogP contribution in [0.2, 0.25) is 0 Å². The minimum atomic E-state index is -0.440. The van der Waals surface area contributed by atoms with E-state index in [1.807, 2.05) is 56.3 Å². The third-order valence-electron chi connectivity index (χ3n) is 4.58. The number of nitrogens with zero attached hydrogens (tertiary/aromatic N) is 2. The first kappa shape index (κ1) is 17.2. The Bertz CT molecular complexity index is 1250. The smallest absolute Gasteiger partial charge is 0.262 e. The fraction of sp³-hybridized carbons (Fsp3) is 0.0952. The number of hydrogen-bond donors (Lipinski definition) is 2. The van der Waals surface area contributed by atoms with E-state index in [1.165, 1.54) is 4.57 Å². The van der Waals surface area contributed by atoms with Gasteiger partial charge in [0.1, 0.15) is 5.56 Å². The summed E-state index contributed by atoms with van der Waals surface area (Å²) >= 11 is 5.32. The standard InChI is InChI=1S/C21H17N3O2S/c1-12-7-8-13(2)18(9-12)24-20(26)16(19(25)23-21(24)27)10-14-11-22-17-6-4-3-5-15(14)17/h3-11,26H,1-2H3,(H,23,25,27). The lowest BCUT2D eigenvalue weighted by atomic mass is 10.1. The molecule has 4 rings (SSSR count). The van der Waals surface area contributed by atoms with Crippen molar-refractivity contribution in [3.8, 4) is 11.6 Å². The highest BCUT2D eigenvalue weighted by atomic mass is 32.1. The number of para-hydroxylation sites is 1. The molecule has 27 heavy (non-hydrogen) atoms. The van der Waals surface area contributed by atoms with E-state index in [4.69, 9.17) is 12.2 Å². The van der Waals surface area contributed by atoms with E-state index in [0.717, 1.165) is 33.6 Å². The molecule has 0 bridgehead atoms. The molecule has 1 aliphatic rings. The van der Waals surface area contributed by atoms with Gasteiger partial charge in [0.15, 0.2) is 4.77 Å². The Labute approximate surface area is 161 Å². The third kappa shape index (κ3) is 2.94. The summed E-state index contributed by atoms with van der Waals surface area (Å²) < 4.78 is 1.64. The predicted octanol–water partition coefficient (Wildman–Crippen LogP) is 4.47. The third-order valence-corrected chi connectivity index (χ3v) is 4.87. The van der Waals surface area contributed by atoms with Crippen LogP contribution in [0.25, 0.3) is 17.3 Å². The highest BCUT2D eigenvalue weighted by molar-refractivity contribution is 7.71. The quantitative estimate of drug-likeness (QED) is 0.649. The Morgan fingerprint density at radius 1 is 1.19 bits per heavy atom. The molecular weight excluding hydrogens is 358 g/mol. The van der Waals surface area contributed by atoms with Crippen molar-refractivity contribution in [3.05, 3.63) is 79.8 Å². The Morgan fingerprint density at radius 2 is 1.96 bits per heavy atom. The molecule has 0 saturated heterocycles. The molecule has 134 valence electrons. The maximum atomic E-state index is 12.5. The van der Waals surface area contributed by atoms with Crippen molar-refractivity contribution < 1.29 is 5.11 Å². The number of hydrogen-bond acceptors (Lipinski definition) is 4. The summed E-state index contributed by atoms with van der Waals surface area (Å²) in [7, 11) is 0. The Hall–Kier alpha value is -3.25. The molecule has 2 N–H and O–H groups in total. The monoisotopic (exact) mass is 375 g/mol. The van der Waals surface area contributed by atoms with Crippen LogP contribution in [-0.4, -0.2) is 20.9 Å². The van der Waals surface area contributed by atoms with Gasteiger partial charge in [-0.3, -0.25) is 19.3 Å². The fourth-order valence-electron chi connectivity index (χ4n) is 3.16. The summed E-state index contributed by atoms with van der Waals surface area (Å²) in [6, 6.07) is 13.5. The van der Waals surface area contributed by atoms with Gasteiger partial charge in [0.25, 0.3) is 5.56 Å². The van der Waals surface area contributed by atoms with Crippen molar-refractivity contribution in [2.24, 2.45) is 4.99 Å².